The van der Waals surface area contributed by atoms with Crippen LogP contribution in [-0.4, -0.2) is 41.5 Å². The number of likely N-dealkylation sites (N-methyl/N-ethyl adjacent to an activating group) is 1. The Morgan fingerprint density at radius 1 is 1.44 bits per heavy atom. The molecule has 1 N–H and O–H groups in total. The van der Waals surface area contributed by atoms with E-state index in [1.165, 1.54) is 0 Å². The summed E-state index contributed by atoms with van der Waals surface area (Å²) < 4.78 is 5.31. The Balaban J connectivity index is 1.71. The van der Waals surface area contributed by atoms with Crippen molar-refractivity contribution in [2.24, 2.45) is 0 Å². The van der Waals surface area contributed by atoms with Crippen molar-refractivity contribution in [2.45, 2.75) is 31.3 Å². The van der Waals surface area contributed by atoms with Crippen LogP contribution in [0.5, 0.6) is 0 Å². The molecule has 1 saturated carbocycles. The van der Waals surface area contributed by atoms with Gasteiger partial charge in [0.15, 0.2) is 6.10 Å². The molecule has 0 aromatic carbocycles. The highest BCUT2D eigenvalue weighted by atomic mass is 16.5. The third-order valence-corrected chi connectivity index (χ3v) is 3.61. The van der Waals surface area contributed by atoms with Crippen LogP contribution in [0.25, 0.3) is 0 Å². The number of nitrogens with zero attached hydrogens (tertiary/aromatic N) is 1. The summed E-state index contributed by atoms with van der Waals surface area (Å²) in [5.74, 6) is -0.0249. The second kappa shape index (κ2) is 4.15. The van der Waals surface area contributed by atoms with E-state index in [0.717, 1.165) is 18.5 Å². The van der Waals surface area contributed by atoms with Crippen molar-refractivity contribution in [1.82, 2.24) is 9.88 Å². The predicted molar refractivity (Wildman–Crippen MR) is 64.2 cm³/mol. The van der Waals surface area contributed by atoms with Crippen LogP contribution in [0.3, 0.4) is 0 Å². The first-order valence-electron chi connectivity index (χ1n) is 6.30. The van der Waals surface area contributed by atoms with E-state index in [2.05, 4.69) is 4.98 Å². The third kappa shape index (κ3) is 1.89. The monoisotopic (exact) mass is 248 g/mol. The summed E-state index contributed by atoms with van der Waals surface area (Å²) in [6, 6.07) is 1.74. The summed E-state index contributed by atoms with van der Waals surface area (Å²) in [6.07, 6.45) is 3.97. The normalized spacial score (nSPS) is 23.5. The maximum absolute atomic E-state index is 12.1. The van der Waals surface area contributed by atoms with Crippen LogP contribution < -0.4 is 0 Å². The van der Waals surface area contributed by atoms with Crippen LogP contribution in [0.1, 0.15) is 41.2 Å². The van der Waals surface area contributed by atoms with Gasteiger partial charge in [0.05, 0.1) is 5.56 Å². The number of carbonyl (C=O) groups is 2. The van der Waals surface area contributed by atoms with Gasteiger partial charge >= 0.3 is 5.97 Å². The first-order valence-corrected chi connectivity index (χ1v) is 6.30. The maximum atomic E-state index is 12.1. The summed E-state index contributed by atoms with van der Waals surface area (Å²) in [5, 5.41) is 0. The molecule has 2 aliphatic rings. The summed E-state index contributed by atoms with van der Waals surface area (Å²) in [7, 11) is 1.72. The van der Waals surface area contributed by atoms with Crippen LogP contribution in [0.4, 0.5) is 0 Å². The molecule has 1 aliphatic carbocycles. The Morgan fingerprint density at radius 3 is 2.83 bits per heavy atom. The Morgan fingerprint density at radius 2 is 2.22 bits per heavy atom. The highest BCUT2D eigenvalue weighted by Gasteiger charge is 2.35. The molecule has 2 fully saturated rings. The van der Waals surface area contributed by atoms with Gasteiger partial charge in [0, 0.05) is 31.9 Å². The van der Waals surface area contributed by atoms with Gasteiger partial charge in [0.25, 0.3) is 5.91 Å². The van der Waals surface area contributed by atoms with E-state index >= 15 is 0 Å². The molecule has 3 rings (SSSR count). The molecule has 96 valence electrons. The number of rotatable bonds is 3. The Bertz CT molecular complexity index is 490. The molecule has 1 aromatic heterocycles. The van der Waals surface area contributed by atoms with Gasteiger partial charge in [0.1, 0.15) is 0 Å². The van der Waals surface area contributed by atoms with E-state index in [0.29, 0.717) is 24.4 Å². The van der Waals surface area contributed by atoms with E-state index in [9.17, 15) is 9.59 Å². The standard InChI is InChI=1S/C13H16N2O3/c1-15-7-5-10(12(15)16)18-13(17)9-4-6-14-11(9)8-2-3-8/h4,6,8,10,14H,2-3,5,7H2,1H3. The van der Waals surface area contributed by atoms with E-state index in [1.807, 2.05) is 0 Å². The van der Waals surface area contributed by atoms with Crippen LogP contribution in [0, 0.1) is 0 Å². The lowest BCUT2D eigenvalue weighted by atomic mass is 10.2. The zero-order valence-electron chi connectivity index (χ0n) is 10.3. The smallest absolute Gasteiger partial charge is 0.340 e. The van der Waals surface area contributed by atoms with Crippen molar-refractivity contribution >= 4 is 11.9 Å². The van der Waals surface area contributed by atoms with E-state index < -0.39 is 6.10 Å². The Kier molecular flexibility index (Phi) is 2.61. The molecule has 5 nitrogen and oxygen atoms in total. The van der Waals surface area contributed by atoms with E-state index in [-0.39, 0.29) is 11.9 Å². The average Bonchev–Trinajstić information content (AvgIpc) is 3.01. The van der Waals surface area contributed by atoms with Gasteiger partial charge in [-0.15, -0.1) is 0 Å². The minimum atomic E-state index is -0.607. The number of nitrogens with one attached hydrogen (secondary N) is 1. The second-order valence-electron chi connectivity index (χ2n) is 5.02. The molecule has 0 bridgehead atoms. The molecular formula is C13H16N2O3. The fraction of sp³-hybridized carbons (Fsp3) is 0.538. The fourth-order valence-electron chi connectivity index (χ4n) is 2.36. The Hall–Kier alpha value is -1.78. The number of hydrogen-bond donors (Lipinski definition) is 1. The van der Waals surface area contributed by atoms with Crippen molar-refractivity contribution in [3.8, 4) is 0 Å². The molecule has 1 aromatic rings. The minimum absolute atomic E-state index is 0.105. The summed E-state index contributed by atoms with van der Waals surface area (Å²) >= 11 is 0. The first kappa shape index (κ1) is 11.3. The van der Waals surface area contributed by atoms with Gasteiger partial charge in [-0.1, -0.05) is 0 Å². The van der Waals surface area contributed by atoms with Crippen molar-refractivity contribution < 1.29 is 14.3 Å². The van der Waals surface area contributed by atoms with Crippen LogP contribution >= 0.6 is 0 Å². The maximum Gasteiger partial charge on any atom is 0.340 e. The molecule has 2 heterocycles. The lowest BCUT2D eigenvalue weighted by molar-refractivity contribution is -0.133. The van der Waals surface area contributed by atoms with Gasteiger partial charge in [-0.05, 0) is 24.8 Å². The van der Waals surface area contributed by atoms with Crippen molar-refractivity contribution in [3.05, 3.63) is 23.5 Å². The molecule has 0 spiro atoms. The van der Waals surface area contributed by atoms with Gasteiger partial charge in [-0.3, -0.25) is 4.79 Å². The topological polar surface area (TPSA) is 62.4 Å². The summed E-state index contributed by atoms with van der Waals surface area (Å²) in [5.41, 5.74) is 1.54. The minimum Gasteiger partial charge on any atom is -0.449 e. The number of esters is 1. The summed E-state index contributed by atoms with van der Waals surface area (Å²) in [4.78, 5) is 28.4. The number of H-pyrrole nitrogens is 1. The van der Waals surface area contributed by atoms with E-state index in [4.69, 9.17) is 4.74 Å². The number of ether oxygens (including phenoxy) is 1. The Labute approximate surface area is 105 Å². The highest BCUT2D eigenvalue weighted by molar-refractivity contribution is 5.94. The second-order valence-corrected chi connectivity index (χ2v) is 5.02. The molecule has 0 radical (unpaired) electrons. The summed E-state index contributed by atoms with van der Waals surface area (Å²) in [6.45, 7) is 0.652. The highest BCUT2D eigenvalue weighted by Crippen LogP contribution is 2.41. The SMILES string of the molecule is CN1CCC(OC(=O)c2cc[nH]c2C2CC2)C1=O. The van der Waals surface area contributed by atoms with Crippen molar-refractivity contribution in [1.29, 1.82) is 0 Å². The molecular weight excluding hydrogens is 232 g/mol. The number of aromatic nitrogens is 1. The van der Waals surface area contributed by atoms with Crippen LogP contribution in [0.15, 0.2) is 12.3 Å². The van der Waals surface area contributed by atoms with Gasteiger partial charge in [-0.2, -0.15) is 0 Å². The van der Waals surface area contributed by atoms with Gasteiger partial charge in [0.2, 0.25) is 0 Å². The van der Waals surface area contributed by atoms with Crippen molar-refractivity contribution in [2.75, 3.05) is 13.6 Å². The molecule has 1 aliphatic heterocycles. The molecule has 1 saturated heterocycles. The molecule has 5 heteroatoms. The van der Waals surface area contributed by atoms with E-state index in [1.54, 1.807) is 24.2 Å². The van der Waals surface area contributed by atoms with Crippen LogP contribution in [-0.2, 0) is 9.53 Å². The average molecular weight is 248 g/mol. The first-order chi connectivity index (χ1) is 8.66. The number of carbonyl (C=O) groups excluding carboxylic acids is 2. The molecule has 1 atom stereocenters. The van der Waals surface area contributed by atoms with Gasteiger partial charge in [-0.25, -0.2) is 4.79 Å². The number of aromatic amines is 1. The lowest BCUT2D eigenvalue weighted by Crippen LogP contribution is -2.29. The predicted octanol–water partition coefficient (Wildman–Crippen LogP) is 1.28. The van der Waals surface area contributed by atoms with Crippen LogP contribution in [0.2, 0.25) is 0 Å². The fourth-order valence-corrected chi connectivity index (χ4v) is 2.36. The number of hydrogen-bond acceptors (Lipinski definition) is 3. The van der Waals surface area contributed by atoms with Crippen molar-refractivity contribution in [3.63, 3.8) is 0 Å². The largest absolute Gasteiger partial charge is 0.449 e. The quantitative estimate of drug-likeness (QED) is 0.820. The lowest BCUT2D eigenvalue weighted by Gasteiger charge is -2.11. The van der Waals surface area contributed by atoms with Gasteiger partial charge < -0.3 is 14.6 Å². The molecule has 1 amide bonds. The molecule has 18 heavy (non-hydrogen) atoms. The zero-order valence-corrected chi connectivity index (χ0v) is 10.3. The zero-order chi connectivity index (χ0) is 12.7. The molecule has 1 unspecified atom stereocenters. The third-order valence-electron chi connectivity index (χ3n) is 3.61. The number of amides is 1. The number of likely N-dealkylation sites (tertiary alicyclic amines) is 1.